The lowest BCUT2D eigenvalue weighted by Gasteiger charge is -2.34. The number of rotatable bonds is 6. The van der Waals surface area contributed by atoms with Crippen LogP contribution in [0.4, 0.5) is 0 Å². The third-order valence-electron chi connectivity index (χ3n) is 5.19. The van der Waals surface area contributed by atoms with Crippen molar-refractivity contribution in [3.05, 3.63) is 89.6 Å². The van der Waals surface area contributed by atoms with Crippen molar-refractivity contribution in [2.45, 2.75) is 13.1 Å². The number of furan rings is 1. The van der Waals surface area contributed by atoms with Gasteiger partial charge in [0.15, 0.2) is 5.76 Å². The molecule has 1 aliphatic rings. The molecule has 0 atom stereocenters. The largest absolute Gasteiger partial charge is 0.459 e. The molecule has 7 nitrogen and oxygen atoms in total. The quantitative estimate of drug-likeness (QED) is 0.683. The van der Waals surface area contributed by atoms with E-state index in [1.807, 2.05) is 41.3 Å². The topological polar surface area (TPSA) is 78.7 Å². The Balaban J connectivity index is 1.29. The minimum absolute atomic E-state index is 0.0625. The molecular weight excluding hydrogens is 380 g/mol. The van der Waals surface area contributed by atoms with Crippen molar-refractivity contribution >= 4 is 11.8 Å². The van der Waals surface area contributed by atoms with E-state index in [0.717, 1.165) is 30.8 Å². The summed E-state index contributed by atoms with van der Waals surface area (Å²) >= 11 is 0. The van der Waals surface area contributed by atoms with Crippen LogP contribution in [-0.4, -0.2) is 52.8 Å². The molecule has 0 spiro atoms. The zero-order chi connectivity index (χ0) is 20.8. The molecule has 0 saturated carbocycles. The van der Waals surface area contributed by atoms with Gasteiger partial charge in [-0.1, -0.05) is 12.1 Å². The zero-order valence-electron chi connectivity index (χ0n) is 16.7. The van der Waals surface area contributed by atoms with Gasteiger partial charge in [-0.15, -0.1) is 0 Å². The van der Waals surface area contributed by atoms with Gasteiger partial charge < -0.3 is 14.6 Å². The lowest BCUT2D eigenvalue weighted by molar-refractivity contribution is 0.0597. The maximum Gasteiger partial charge on any atom is 0.289 e. The van der Waals surface area contributed by atoms with Crippen LogP contribution in [0.1, 0.15) is 32.0 Å². The SMILES string of the molecule is O=C(NCc1ccncc1)c1cccc(CN2CCN(C(=O)c3ccco3)CC2)c1. The molecule has 1 N–H and O–H groups in total. The molecule has 154 valence electrons. The summed E-state index contributed by atoms with van der Waals surface area (Å²) in [6, 6.07) is 14.9. The first-order valence-electron chi connectivity index (χ1n) is 10.0. The zero-order valence-corrected chi connectivity index (χ0v) is 16.7. The van der Waals surface area contributed by atoms with Crippen molar-refractivity contribution in [1.29, 1.82) is 0 Å². The van der Waals surface area contributed by atoms with E-state index in [9.17, 15) is 9.59 Å². The van der Waals surface area contributed by atoms with Crippen LogP contribution in [0.25, 0.3) is 0 Å². The van der Waals surface area contributed by atoms with E-state index in [-0.39, 0.29) is 11.8 Å². The fourth-order valence-electron chi connectivity index (χ4n) is 3.52. The molecule has 4 rings (SSSR count). The number of carbonyl (C=O) groups excluding carboxylic acids is 2. The molecule has 0 unspecified atom stereocenters. The van der Waals surface area contributed by atoms with Crippen molar-refractivity contribution in [3.8, 4) is 0 Å². The Hall–Kier alpha value is -3.45. The van der Waals surface area contributed by atoms with E-state index in [2.05, 4.69) is 15.2 Å². The highest BCUT2D eigenvalue weighted by Crippen LogP contribution is 2.13. The number of aromatic nitrogens is 1. The van der Waals surface area contributed by atoms with Crippen LogP contribution in [0.3, 0.4) is 0 Å². The fourth-order valence-corrected chi connectivity index (χ4v) is 3.52. The Morgan fingerprint density at radius 2 is 1.77 bits per heavy atom. The van der Waals surface area contributed by atoms with Crippen molar-refractivity contribution < 1.29 is 14.0 Å². The minimum Gasteiger partial charge on any atom is -0.459 e. The number of nitrogens with one attached hydrogen (secondary N) is 1. The van der Waals surface area contributed by atoms with Crippen LogP contribution in [0.5, 0.6) is 0 Å². The molecule has 2 aromatic heterocycles. The summed E-state index contributed by atoms with van der Waals surface area (Å²) < 4.78 is 5.21. The average molecular weight is 404 g/mol. The first kappa shape index (κ1) is 19.8. The molecule has 0 bridgehead atoms. The van der Waals surface area contributed by atoms with Crippen molar-refractivity contribution in [2.75, 3.05) is 26.2 Å². The summed E-state index contributed by atoms with van der Waals surface area (Å²) in [6.45, 7) is 4.10. The van der Waals surface area contributed by atoms with Gasteiger partial charge in [-0.2, -0.15) is 0 Å². The summed E-state index contributed by atoms with van der Waals surface area (Å²) in [4.78, 5) is 33.0. The van der Waals surface area contributed by atoms with Gasteiger partial charge in [0.2, 0.25) is 0 Å². The molecule has 3 heterocycles. The third-order valence-corrected chi connectivity index (χ3v) is 5.19. The second kappa shape index (κ2) is 9.37. The van der Waals surface area contributed by atoms with E-state index >= 15 is 0 Å². The molecule has 30 heavy (non-hydrogen) atoms. The molecule has 1 saturated heterocycles. The summed E-state index contributed by atoms with van der Waals surface area (Å²) in [5.41, 5.74) is 2.74. The van der Waals surface area contributed by atoms with Crippen molar-refractivity contribution in [3.63, 3.8) is 0 Å². The predicted molar refractivity (Wildman–Crippen MR) is 112 cm³/mol. The smallest absolute Gasteiger partial charge is 0.289 e. The number of benzene rings is 1. The number of nitrogens with zero attached hydrogens (tertiary/aromatic N) is 3. The predicted octanol–water partition coefficient (Wildman–Crippen LogP) is 2.56. The van der Waals surface area contributed by atoms with E-state index in [1.165, 1.54) is 6.26 Å². The summed E-state index contributed by atoms with van der Waals surface area (Å²) in [5, 5.41) is 2.94. The third kappa shape index (κ3) is 4.93. The molecule has 0 radical (unpaired) electrons. The van der Waals surface area contributed by atoms with Crippen LogP contribution in [0.2, 0.25) is 0 Å². The van der Waals surface area contributed by atoms with E-state index in [4.69, 9.17) is 4.42 Å². The summed E-state index contributed by atoms with van der Waals surface area (Å²) in [6.07, 6.45) is 4.94. The first-order valence-corrected chi connectivity index (χ1v) is 10.0. The summed E-state index contributed by atoms with van der Waals surface area (Å²) in [7, 11) is 0. The normalized spacial score (nSPS) is 14.5. The number of carbonyl (C=O) groups is 2. The van der Waals surface area contributed by atoms with Gasteiger partial charge in [0.1, 0.15) is 0 Å². The molecular formula is C23H24N4O3. The fraction of sp³-hybridized carbons (Fsp3) is 0.261. The monoisotopic (exact) mass is 404 g/mol. The van der Waals surface area contributed by atoms with E-state index < -0.39 is 0 Å². The van der Waals surface area contributed by atoms with Gasteiger partial charge in [0.05, 0.1) is 6.26 Å². The average Bonchev–Trinajstić information content (AvgIpc) is 3.33. The van der Waals surface area contributed by atoms with Crippen LogP contribution in [0.15, 0.2) is 71.6 Å². The van der Waals surface area contributed by atoms with Crippen LogP contribution in [0, 0.1) is 0 Å². The maximum atomic E-state index is 12.5. The maximum absolute atomic E-state index is 12.5. The number of hydrogen-bond acceptors (Lipinski definition) is 5. The highest BCUT2D eigenvalue weighted by Gasteiger charge is 2.23. The Morgan fingerprint density at radius 3 is 2.50 bits per heavy atom. The van der Waals surface area contributed by atoms with Crippen LogP contribution in [-0.2, 0) is 13.1 Å². The second-order valence-electron chi connectivity index (χ2n) is 7.28. The summed E-state index contributed by atoms with van der Waals surface area (Å²) in [5.74, 6) is 0.226. The number of hydrogen-bond donors (Lipinski definition) is 1. The number of piperazine rings is 1. The van der Waals surface area contributed by atoms with Gasteiger partial charge >= 0.3 is 0 Å². The second-order valence-corrected chi connectivity index (χ2v) is 7.28. The Bertz CT molecular complexity index is 981. The Kier molecular flexibility index (Phi) is 6.20. The molecule has 0 aliphatic carbocycles. The van der Waals surface area contributed by atoms with E-state index in [1.54, 1.807) is 24.5 Å². The molecule has 2 amide bonds. The van der Waals surface area contributed by atoms with Crippen LogP contribution >= 0.6 is 0 Å². The molecule has 1 fully saturated rings. The molecule has 7 heteroatoms. The molecule has 3 aromatic rings. The lowest BCUT2D eigenvalue weighted by atomic mass is 10.1. The Labute approximate surface area is 175 Å². The van der Waals surface area contributed by atoms with Crippen molar-refractivity contribution in [2.24, 2.45) is 0 Å². The van der Waals surface area contributed by atoms with Gasteiger partial charge in [-0.25, -0.2) is 0 Å². The van der Waals surface area contributed by atoms with Crippen LogP contribution < -0.4 is 5.32 Å². The highest BCUT2D eigenvalue weighted by molar-refractivity contribution is 5.94. The number of amides is 2. The van der Waals surface area contributed by atoms with Crippen molar-refractivity contribution in [1.82, 2.24) is 20.1 Å². The highest BCUT2D eigenvalue weighted by atomic mass is 16.3. The standard InChI is InChI=1S/C23H24N4O3/c28-22(25-16-18-6-8-24-9-7-18)20-4-1-3-19(15-20)17-26-10-12-27(13-11-26)23(29)21-5-2-14-30-21/h1-9,14-15H,10-13,16-17H2,(H,25,28). The van der Waals surface area contributed by atoms with Gasteiger partial charge in [0.25, 0.3) is 11.8 Å². The van der Waals surface area contributed by atoms with Gasteiger partial charge in [-0.05, 0) is 47.5 Å². The lowest BCUT2D eigenvalue weighted by Crippen LogP contribution is -2.48. The molecule has 1 aliphatic heterocycles. The Morgan fingerprint density at radius 1 is 0.967 bits per heavy atom. The van der Waals surface area contributed by atoms with Gasteiger partial charge in [0, 0.05) is 57.2 Å². The molecule has 1 aromatic carbocycles. The minimum atomic E-state index is -0.0949. The first-order chi connectivity index (χ1) is 14.7. The van der Waals surface area contributed by atoms with Gasteiger partial charge in [-0.3, -0.25) is 19.5 Å². The number of pyridine rings is 1. The van der Waals surface area contributed by atoms with E-state index in [0.29, 0.717) is 31.0 Å².